The van der Waals surface area contributed by atoms with Crippen molar-refractivity contribution in [1.82, 2.24) is 4.98 Å². The Morgan fingerprint density at radius 1 is 1.46 bits per heavy atom. The molecule has 2 rings (SSSR count). The lowest BCUT2D eigenvalue weighted by Gasteiger charge is -2.11. The Kier molecular flexibility index (Phi) is 2.86. The Hall–Kier alpha value is -0.540. The fraction of sp³-hybridized carbons (Fsp3) is 0.500. The molecular formula is C10H13NOS. The Morgan fingerprint density at radius 2 is 2.38 bits per heavy atom. The first-order valence-corrected chi connectivity index (χ1v) is 5.67. The molecule has 2 unspecified atom stereocenters. The number of rotatable bonds is 2. The normalized spacial score (nSPS) is 27.8. The van der Waals surface area contributed by atoms with Gasteiger partial charge in [-0.1, -0.05) is 6.07 Å². The fourth-order valence-corrected chi connectivity index (χ4v) is 2.86. The molecule has 13 heavy (non-hydrogen) atoms. The number of hydrogen-bond donors (Lipinski definition) is 1. The summed E-state index contributed by atoms with van der Waals surface area (Å²) in [6.07, 6.45) is 2.59. The highest BCUT2D eigenvalue weighted by Crippen LogP contribution is 2.26. The van der Waals surface area contributed by atoms with Gasteiger partial charge in [0, 0.05) is 23.6 Å². The van der Waals surface area contributed by atoms with Crippen LogP contribution < -0.4 is 0 Å². The fourth-order valence-electron chi connectivity index (χ4n) is 1.57. The monoisotopic (exact) mass is 195 g/mol. The van der Waals surface area contributed by atoms with E-state index in [1.54, 1.807) is 0 Å². The van der Waals surface area contributed by atoms with E-state index in [1.165, 1.54) is 0 Å². The van der Waals surface area contributed by atoms with E-state index in [1.807, 2.05) is 36.2 Å². The van der Waals surface area contributed by atoms with E-state index >= 15 is 0 Å². The molecule has 1 saturated heterocycles. The molecule has 3 heteroatoms. The average molecular weight is 195 g/mol. The van der Waals surface area contributed by atoms with Gasteiger partial charge in [0.2, 0.25) is 0 Å². The summed E-state index contributed by atoms with van der Waals surface area (Å²) < 4.78 is 0. The smallest absolute Gasteiger partial charge is 0.0670 e. The van der Waals surface area contributed by atoms with E-state index in [-0.39, 0.29) is 6.10 Å². The van der Waals surface area contributed by atoms with Crippen LogP contribution in [0.3, 0.4) is 0 Å². The zero-order chi connectivity index (χ0) is 9.10. The van der Waals surface area contributed by atoms with Crippen molar-refractivity contribution in [2.24, 2.45) is 5.92 Å². The van der Waals surface area contributed by atoms with Crippen LogP contribution in [0.4, 0.5) is 0 Å². The van der Waals surface area contributed by atoms with Crippen LogP contribution in [0.5, 0.6) is 0 Å². The second kappa shape index (κ2) is 4.11. The van der Waals surface area contributed by atoms with Crippen LogP contribution in [0.25, 0.3) is 0 Å². The molecule has 1 aromatic heterocycles. The second-order valence-electron chi connectivity index (χ2n) is 3.39. The van der Waals surface area contributed by atoms with E-state index in [0.717, 1.165) is 23.6 Å². The molecule has 1 aliphatic heterocycles. The summed E-state index contributed by atoms with van der Waals surface area (Å²) in [5.74, 6) is 2.36. The summed E-state index contributed by atoms with van der Waals surface area (Å²) in [5.41, 5.74) is 1.09. The first-order valence-electron chi connectivity index (χ1n) is 4.52. The number of hydrogen-bond acceptors (Lipinski definition) is 3. The summed E-state index contributed by atoms with van der Waals surface area (Å²) >= 11 is 1.83. The lowest BCUT2D eigenvalue weighted by atomic mass is 10.00. The molecular weight excluding hydrogens is 182 g/mol. The number of thioether (sulfide) groups is 1. The Balaban J connectivity index is 1.98. The molecule has 70 valence electrons. The predicted molar refractivity (Wildman–Crippen MR) is 54.8 cm³/mol. The third-order valence-corrected chi connectivity index (χ3v) is 3.60. The zero-order valence-electron chi connectivity index (χ0n) is 7.39. The molecule has 2 nitrogen and oxygen atoms in total. The van der Waals surface area contributed by atoms with Crippen LogP contribution in [0.15, 0.2) is 24.4 Å². The average Bonchev–Trinajstić information content (AvgIpc) is 2.54. The molecule has 0 spiro atoms. The molecule has 2 heterocycles. The third-order valence-electron chi connectivity index (χ3n) is 2.36. The largest absolute Gasteiger partial charge is 0.392 e. The number of nitrogens with zero attached hydrogens (tertiary/aromatic N) is 1. The van der Waals surface area contributed by atoms with Crippen molar-refractivity contribution in [2.75, 3.05) is 11.5 Å². The van der Waals surface area contributed by atoms with Crippen LogP contribution in [0.2, 0.25) is 0 Å². The Morgan fingerprint density at radius 3 is 3.00 bits per heavy atom. The van der Waals surface area contributed by atoms with Gasteiger partial charge in [0.05, 0.1) is 6.10 Å². The van der Waals surface area contributed by atoms with E-state index in [2.05, 4.69) is 4.98 Å². The first-order chi connectivity index (χ1) is 6.36. The van der Waals surface area contributed by atoms with Crippen molar-refractivity contribution in [1.29, 1.82) is 0 Å². The molecule has 0 aliphatic carbocycles. The standard InChI is InChI=1S/C10H13NOS/c12-10-7-13-6-8(10)5-9-3-1-2-4-11-9/h1-4,8,10,12H,5-7H2. The molecule has 2 atom stereocenters. The van der Waals surface area contributed by atoms with Crippen molar-refractivity contribution >= 4 is 11.8 Å². The zero-order valence-corrected chi connectivity index (χ0v) is 8.20. The van der Waals surface area contributed by atoms with Crippen molar-refractivity contribution in [3.05, 3.63) is 30.1 Å². The van der Waals surface area contributed by atoms with Gasteiger partial charge in [-0.15, -0.1) is 0 Å². The van der Waals surface area contributed by atoms with Crippen LogP contribution in [-0.4, -0.2) is 27.7 Å². The minimum atomic E-state index is -0.132. The second-order valence-corrected chi connectivity index (χ2v) is 4.46. The number of pyridine rings is 1. The highest BCUT2D eigenvalue weighted by Gasteiger charge is 2.25. The van der Waals surface area contributed by atoms with Gasteiger partial charge >= 0.3 is 0 Å². The van der Waals surface area contributed by atoms with Gasteiger partial charge in [-0.3, -0.25) is 4.98 Å². The van der Waals surface area contributed by atoms with Crippen molar-refractivity contribution in [3.63, 3.8) is 0 Å². The summed E-state index contributed by atoms with van der Waals surface area (Å²) in [6.45, 7) is 0. The van der Waals surface area contributed by atoms with E-state index in [0.29, 0.717) is 5.92 Å². The molecule has 0 radical (unpaired) electrons. The van der Waals surface area contributed by atoms with Gasteiger partial charge in [0.15, 0.2) is 0 Å². The first kappa shape index (κ1) is 9.03. The number of aliphatic hydroxyl groups excluding tert-OH is 1. The summed E-state index contributed by atoms with van der Waals surface area (Å²) in [5, 5.41) is 9.60. The molecule has 1 fully saturated rings. The van der Waals surface area contributed by atoms with Crippen molar-refractivity contribution in [2.45, 2.75) is 12.5 Å². The van der Waals surface area contributed by atoms with Gasteiger partial charge in [-0.2, -0.15) is 11.8 Å². The SMILES string of the molecule is OC1CSCC1Cc1ccccn1. The van der Waals surface area contributed by atoms with Crippen LogP contribution >= 0.6 is 11.8 Å². The maximum absolute atomic E-state index is 9.60. The van der Waals surface area contributed by atoms with Crippen LogP contribution in [-0.2, 0) is 6.42 Å². The summed E-state index contributed by atoms with van der Waals surface area (Å²) in [6, 6.07) is 5.94. The summed E-state index contributed by atoms with van der Waals surface area (Å²) in [7, 11) is 0. The van der Waals surface area contributed by atoms with Gasteiger partial charge in [-0.05, 0) is 24.3 Å². The molecule has 1 aliphatic rings. The van der Waals surface area contributed by atoms with E-state index in [4.69, 9.17) is 0 Å². The lowest BCUT2D eigenvalue weighted by Crippen LogP contribution is -2.20. The highest BCUT2D eigenvalue weighted by atomic mass is 32.2. The molecule has 0 aromatic carbocycles. The maximum atomic E-state index is 9.60. The van der Waals surface area contributed by atoms with Gasteiger partial charge < -0.3 is 5.11 Å². The summed E-state index contributed by atoms with van der Waals surface area (Å²) in [4.78, 5) is 4.26. The Bertz CT molecular complexity index is 265. The lowest BCUT2D eigenvalue weighted by molar-refractivity contribution is 0.149. The minimum Gasteiger partial charge on any atom is -0.392 e. The minimum absolute atomic E-state index is 0.132. The highest BCUT2D eigenvalue weighted by molar-refractivity contribution is 7.99. The molecule has 1 aromatic rings. The number of aromatic nitrogens is 1. The van der Waals surface area contributed by atoms with E-state index in [9.17, 15) is 5.11 Å². The molecule has 0 bridgehead atoms. The topological polar surface area (TPSA) is 33.1 Å². The van der Waals surface area contributed by atoms with Crippen molar-refractivity contribution in [3.8, 4) is 0 Å². The predicted octanol–water partition coefficient (Wildman–Crippen LogP) is 1.35. The maximum Gasteiger partial charge on any atom is 0.0670 e. The van der Waals surface area contributed by atoms with Gasteiger partial charge in [0.25, 0.3) is 0 Å². The quantitative estimate of drug-likeness (QED) is 0.773. The third kappa shape index (κ3) is 2.23. The molecule has 1 N–H and O–H groups in total. The molecule has 0 saturated carbocycles. The molecule has 0 amide bonds. The van der Waals surface area contributed by atoms with E-state index < -0.39 is 0 Å². The van der Waals surface area contributed by atoms with Gasteiger partial charge in [0.1, 0.15) is 0 Å². The van der Waals surface area contributed by atoms with Crippen LogP contribution in [0, 0.1) is 5.92 Å². The van der Waals surface area contributed by atoms with Crippen molar-refractivity contribution < 1.29 is 5.11 Å². The van der Waals surface area contributed by atoms with Crippen LogP contribution in [0.1, 0.15) is 5.69 Å². The Labute approximate surface area is 82.4 Å². The number of aliphatic hydroxyl groups is 1. The van der Waals surface area contributed by atoms with Gasteiger partial charge in [-0.25, -0.2) is 0 Å².